The molecule has 0 amide bonds. The largest absolute Gasteiger partial charge is 0.456 e. The molecule has 1 aliphatic carbocycles. The van der Waals surface area contributed by atoms with Crippen molar-refractivity contribution < 1.29 is 4.42 Å². The summed E-state index contributed by atoms with van der Waals surface area (Å²) in [6.07, 6.45) is 0.916. The molecular weight excluding hydrogens is 388 g/mol. The highest BCUT2D eigenvalue weighted by Crippen LogP contribution is 2.52. The molecule has 1 heterocycles. The third-order valence-corrected chi connectivity index (χ3v) is 7.26. The van der Waals surface area contributed by atoms with Gasteiger partial charge in [0.05, 0.1) is 0 Å². The van der Waals surface area contributed by atoms with Gasteiger partial charge in [0, 0.05) is 28.1 Å². The molecule has 148 valence electrons. The zero-order valence-electron chi connectivity index (χ0n) is 17.4. The fourth-order valence-corrected chi connectivity index (χ4v) is 6.01. The van der Waals surface area contributed by atoms with Crippen LogP contribution in [0.5, 0.6) is 0 Å². The Morgan fingerprint density at radius 2 is 1.09 bits per heavy atom. The first-order chi connectivity index (χ1) is 15.9. The first-order valence-corrected chi connectivity index (χ1v) is 11.2. The Labute approximate surface area is 184 Å². The SMILES string of the molecule is c1ccc2c(c1)Cc1c-2c2c3ccccc3c3ccccc3c2c2c1oc1ccccc12. The van der Waals surface area contributed by atoms with Crippen LogP contribution in [0.15, 0.2) is 101 Å². The maximum atomic E-state index is 6.60. The van der Waals surface area contributed by atoms with Gasteiger partial charge in [-0.05, 0) is 49.7 Å². The Hall–Kier alpha value is -4.10. The number of benzene rings is 6. The number of rotatable bonds is 0. The highest BCUT2D eigenvalue weighted by atomic mass is 16.3. The molecule has 1 aromatic heterocycles. The van der Waals surface area contributed by atoms with Gasteiger partial charge in [-0.2, -0.15) is 0 Å². The maximum absolute atomic E-state index is 6.60. The minimum atomic E-state index is 0.916. The van der Waals surface area contributed by atoms with Crippen molar-refractivity contribution in [3.63, 3.8) is 0 Å². The van der Waals surface area contributed by atoms with Crippen molar-refractivity contribution in [1.29, 1.82) is 0 Å². The van der Waals surface area contributed by atoms with E-state index in [1.54, 1.807) is 0 Å². The van der Waals surface area contributed by atoms with Crippen LogP contribution < -0.4 is 0 Å². The molecule has 0 saturated heterocycles. The van der Waals surface area contributed by atoms with E-state index in [2.05, 4.69) is 97.1 Å². The Balaban J connectivity index is 1.81. The van der Waals surface area contributed by atoms with Crippen molar-refractivity contribution in [2.24, 2.45) is 0 Å². The van der Waals surface area contributed by atoms with E-state index < -0.39 is 0 Å². The smallest absolute Gasteiger partial charge is 0.140 e. The lowest BCUT2D eigenvalue weighted by atomic mass is 9.86. The van der Waals surface area contributed by atoms with E-state index in [0.29, 0.717) is 0 Å². The molecule has 0 fully saturated rings. The Morgan fingerprint density at radius 3 is 1.88 bits per heavy atom. The van der Waals surface area contributed by atoms with Crippen molar-refractivity contribution in [2.75, 3.05) is 0 Å². The summed E-state index contributed by atoms with van der Waals surface area (Å²) in [5.41, 5.74) is 7.41. The molecule has 0 bridgehead atoms. The van der Waals surface area contributed by atoms with Crippen molar-refractivity contribution >= 4 is 54.3 Å². The molecule has 7 aromatic rings. The number of furan rings is 1. The number of hydrogen-bond acceptors (Lipinski definition) is 1. The molecule has 1 heteroatoms. The van der Waals surface area contributed by atoms with Gasteiger partial charge in [-0.3, -0.25) is 0 Å². The topological polar surface area (TPSA) is 13.1 Å². The Morgan fingerprint density at radius 1 is 0.500 bits per heavy atom. The average molecular weight is 406 g/mol. The third-order valence-electron chi connectivity index (χ3n) is 7.26. The number of para-hydroxylation sites is 1. The quantitative estimate of drug-likeness (QED) is 0.230. The van der Waals surface area contributed by atoms with Crippen molar-refractivity contribution in [1.82, 2.24) is 0 Å². The normalized spacial score (nSPS) is 12.9. The van der Waals surface area contributed by atoms with Crippen LogP contribution in [0, 0.1) is 0 Å². The zero-order valence-corrected chi connectivity index (χ0v) is 17.4. The fraction of sp³-hybridized carbons (Fsp3) is 0.0323. The predicted octanol–water partition coefficient (Wildman–Crippen LogP) is 8.62. The minimum Gasteiger partial charge on any atom is -0.456 e. The maximum Gasteiger partial charge on any atom is 0.140 e. The standard InChI is InChI=1S/C31H18O/c1-2-10-19-18(9-1)17-25-27(19)28-22-13-5-3-11-20(22)21-12-4-6-14-23(21)29(28)30-24-15-7-8-16-26(24)32-31(25)30/h1-16H,17H2. The van der Waals surface area contributed by atoms with E-state index in [0.717, 1.165) is 17.6 Å². The van der Waals surface area contributed by atoms with Crippen LogP contribution >= 0.6 is 0 Å². The summed E-state index contributed by atoms with van der Waals surface area (Å²) in [5.74, 6) is 0. The van der Waals surface area contributed by atoms with E-state index in [4.69, 9.17) is 4.42 Å². The van der Waals surface area contributed by atoms with Gasteiger partial charge < -0.3 is 4.42 Å². The predicted molar refractivity (Wildman–Crippen MR) is 134 cm³/mol. The average Bonchev–Trinajstić information content (AvgIpc) is 3.43. The summed E-state index contributed by atoms with van der Waals surface area (Å²) < 4.78 is 6.60. The van der Waals surface area contributed by atoms with Gasteiger partial charge in [-0.15, -0.1) is 0 Å². The summed E-state index contributed by atoms with van der Waals surface area (Å²) in [6.45, 7) is 0. The van der Waals surface area contributed by atoms with E-state index in [-0.39, 0.29) is 0 Å². The van der Waals surface area contributed by atoms with Crippen LogP contribution in [0.1, 0.15) is 11.1 Å². The van der Waals surface area contributed by atoms with Gasteiger partial charge >= 0.3 is 0 Å². The van der Waals surface area contributed by atoms with Gasteiger partial charge in [0.1, 0.15) is 11.2 Å². The number of fused-ring (bicyclic) bond motifs is 15. The van der Waals surface area contributed by atoms with Crippen LogP contribution in [0.4, 0.5) is 0 Å². The lowest BCUT2D eigenvalue weighted by Crippen LogP contribution is -1.90. The molecule has 32 heavy (non-hydrogen) atoms. The van der Waals surface area contributed by atoms with Crippen molar-refractivity contribution in [2.45, 2.75) is 6.42 Å². The summed E-state index contributed by atoms with van der Waals surface area (Å²) in [7, 11) is 0. The molecule has 0 saturated carbocycles. The first kappa shape index (κ1) is 16.6. The van der Waals surface area contributed by atoms with Gasteiger partial charge in [0.2, 0.25) is 0 Å². The lowest BCUT2D eigenvalue weighted by molar-refractivity contribution is 0.665. The van der Waals surface area contributed by atoms with Crippen LogP contribution in [0.3, 0.4) is 0 Å². The monoisotopic (exact) mass is 406 g/mol. The van der Waals surface area contributed by atoms with Crippen molar-refractivity contribution in [3.05, 3.63) is 108 Å². The van der Waals surface area contributed by atoms with Crippen LogP contribution in [-0.2, 0) is 6.42 Å². The van der Waals surface area contributed by atoms with Crippen LogP contribution in [0.2, 0.25) is 0 Å². The third kappa shape index (κ3) is 1.90. The summed E-state index contributed by atoms with van der Waals surface area (Å²) in [5, 5.41) is 10.4. The van der Waals surface area contributed by atoms with Crippen LogP contribution in [-0.4, -0.2) is 0 Å². The zero-order chi connectivity index (χ0) is 20.8. The Bertz CT molecular complexity index is 1900. The second-order valence-corrected chi connectivity index (χ2v) is 8.83. The molecular formula is C31H18O. The van der Waals surface area contributed by atoms with E-state index in [1.165, 1.54) is 65.3 Å². The van der Waals surface area contributed by atoms with Gasteiger partial charge in [-0.1, -0.05) is 91.0 Å². The highest BCUT2D eigenvalue weighted by Gasteiger charge is 2.29. The number of hydrogen-bond donors (Lipinski definition) is 0. The molecule has 1 aliphatic rings. The molecule has 0 radical (unpaired) electrons. The summed E-state index contributed by atoms with van der Waals surface area (Å²) >= 11 is 0. The van der Waals surface area contributed by atoms with E-state index in [1.807, 2.05) is 0 Å². The van der Waals surface area contributed by atoms with Gasteiger partial charge in [0.15, 0.2) is 0 Å². The molecule has 0 spiro atoms. The van der Waals surface area contributed by atoms with Gasteiger partial charge in [0.25, 0.3) is 0 Å². The second-order valence-electron chi connectivity index (χ2n) is 8.83. The van der Waals surface area contributed by atoms with Gasteiger partial charge in [-0.25, -0.2) is 0 Å². The van der Waals surface area contributed by atoms with E-state index in [9.17, 15) is 0 Å². The molecule has 0 unspecified atom stereocenters. The second kappa shape index (κ2) is 5.77. The summed E-state index contributed by atoms with van der Waals surface area (Å²) in [6, 6.07) is 35.1. The molecule has 0 atom stereocenters. The lowest BCUT2D eigenvalue weighted by Gasteiger charge is -2.16. The molecule has 6 aromatic carbocycles. The molecule has 0 aliphatic heterocycles. The first-order valence-electron chi connectivity index (χ1n) is 11.2. The minimum absolute atomic E-state index is 0.916. The molecule has 8 rings (SSSR count). The summed E-state index contributed by atoms with van der Waals surface area (Å²) in [4.78, 5) is 0. The fourth-order valence-electron chi connectivity index (χ4n) is 6.01. The molecule has 1 nitrogen and oxygen atoms in total. The Kier molecular flexibility index (Phi) is 2.99. The van der Waals surface area contributed by atoms with Crippen LogP contribution in [0.25, 0.3) is 65.4 Å². The van der Waals surface area contributed by atoms with Crippen molar-refractivity contribution in [3.8, 4) is 11.1 Å². The van der Waals surface area contributed by atoms with E-state index >= 15 is 0 Å². The molecule has 0 N–H and O–H groups in total. The highest BCUT2D eigenvalue weighted by molar-refractivity contribution is 6.38.